The quantitative estimate of drug-likeness (QED) is 0.673. The molecule has 1 amide bonds. The number of hydrogen-bond donors (Lipinski definition) is 1. The molecule has 0 spiro atoms. The van der Waals surface area contributed by atoms with Gasteiger partial charge in [-0.2, -0.15) is 0 Å². The Morgan fingerprint density at radius 1 is 1.25 bits per heavy atom. The molecule has 0 bridgehead atoms. The molecule has 1 aromatic carbocycles. The summed E-state index contributed by atoms with van der Waals surface area (Å²) in [4.78, 5) is 11.6. The van der Waals surface area contributed by atoms with Crippen molar-refractivity contribution in [2.45, 2.75) is 6.54 Å². The number of pyridine rings is 1. The van der Waals surface area contributed by atoms with E-state index in [9.17, 15) is 10.0 Å². The lowest BCUT2D eigenvalue weighted by Crippen LogP contribution is -2.33. The first kappa shape index (κ1) is 14.1. The standard InChI is InChI=1S/C14H13ClN2O3/c15-12-6-4-11(5-7-12)9-16-13(18)10-20-14-3-1-2-8-17(14)19/h1-8H,9-10H2,(H,16,18). The van der Waals surface area contributed by atoms with Crippen molar-refractivity contribution in [2.75, 3.05) is 6.61 Å². The first-order valence-corrected chi connectivity index (χ1v) is 6.35. The molecule has 0 atom stereocenters. The van der Waals surface area contributed by atoms with Gasteiger partial charge in [-0.3, -0.25) is 4.79 Å². The molecular formula is C14H13ClN2O3. The number of halogens is 1. The normalized spacial score (nSPS) is 10.1. The van der Waals surface area contributed by atoms with Gasteiger partial charge < -0.3 is 15.3 Å². The Balaban J connectivity index is 1.78. The van der Waals surface area contributed by atoms with Gasteiger partial charge in [0.2, 0.25) is 0 Å². The molecule has 2 rings (SSSR count). The Labute approximate surface area is 121 Å². The van der Waals surface area contributed by atoms with E-state index in [1.165, 1.54) is 12.3 Å². The molecule has 0 aliphatic heterocycles. The molecule has 5 nitrogen and oxygen atoms in total. The molecule has 1 N–H and O–H groups in total. The van der Waals surface area contributed by atoms with Gasteiger partial charge in [0.1, 0.15) is 0 Å². The molecule has 0 saturated carbocycles. The van der Waals surface area contributed by atoms with E-state index in [4.69, 9.17) is 16.3 Å². The summed E-state index contributed by atoms with van der Waals surface area (Å²) in [5, 5.41) is 14.6. The fourth-order valence-corrected chi connectivity index (χ4v) is 1.64. The molecule has 0 radical (unpaired) electrons. The number of nitrogens with one attached hydrogen (secondary N) is 1. The van der Waals surface area contributed by atoms with Crippen LogP contribution in [0.2, 0.25) is 5.02 Å². The highest BCUT2D eigenvalue weighted by molar-refractivity contribution is 6.30. The summed E-state index contributed by atoms with van der Waals surface area (Å²) < 4.78 is 5.69. The van der Waals surface area contributed by atoms with Crippen molar-refractivity contribution < 1.29 is 14.3 Å². The van der Waals surface area contributed by atoms with Gasteiger partial charge in [-0.05, 0) is 23.8 Å². The highest BCUT2D eigenvalue weighted by Crippen LogP contribution is 2.09. The van der Waals surface area contributed by atoms with E-state index in [0.29, 0.717) is 16.3 Å². The Morgan fingerprint density at radius 2 is 2.00 bits per heavy atom. The Kier molecular flexibility index (Phi) is 4.79. The minimum absolute atomic E-state index is 0.0918. The lowest BCUT2D eigenvalue weighted by Gasteiger charge is -2.07. The molecule has 1 heterocycles. The van der Waals surface area contributed by atoms with Crippen molar-refractivity contribution in [1.82, 2.24) is 5.32 Å². The Morgan fingerprint density at radius 3 is 2.70 bits per heavy atom. The largest absolute Gasteiger partial charge is 0.616 e. The second-order valence-electron chi connectivity index (χ2n) is 4.06. The fourth-order valence-electron chi connectivity index (χ4n) is 1.52. The lowest BCUT2D eigenvalue weighted by atomic mass is 10.2. The van der Waals surface area contributed by atoms with E-state index < -0.39 is 0 Å². The molecule has 1 aromatic heterocycles. The minimum atomic E-state index is -0.302. The summed E-state index contributed by atoms with van der Waals surface area (Å²) in [6.45, 7) is 0.172. The summed E-state index contributed by atoms with van der Waals surface area (Å²) >= 11 is 5.77. The molecule has 6 heteroatoms. The number of rotatable bonds is 5. The van der Waals surface area contributed by atoms with Gasteiger partial charge in [-0.15, -0.1) is 4.73 Å². The van der Waals surface area contributed by atoms with E-state index in [-0.39, 0.29) is 18.4 Å². The van der Waals surface area contributed by atoms with Crippen LogP contribution < -0.4 is 14.8 Å². The summed E-state index contributed by atoms with van der Waals surface area (Å²) in [5.74, 6) is -0.210. The zero-order valence-electron chi connectivity index (χ0n) is 10.6. The average Bonchev–Trinajstić information content (AvgIpc) is 2.46. The van der Waals surface area contributed by atoms with Crippen molar-refractivity contribution in [3.63, 3.8) is 0 Å². The summed E-state index contributed by atoms with van der Waals surface area (Å²) in [6, 6.07) is 11.9. The Bertz CT molecular complexity index is 587. The average molecular weight is 293 g/mol. The second kappa shape index (κ2) is 6.77. The highest BCUT2D eigenvalue weighted by atomic mass is 35.5. The molecule has 104 valence electrons. The fraction of sp³-hybridized carbons (Fsp3) is 0.143. The maximum Gasteiger partial charge on any atom is 0.379 e. The SMILES string of the molecule is O=C(COc1cccc[n+]1[O-])NCc1ccc(Cl)cc1. The van der Waals surface area contributed by atoms with Crippen LogP contribution >= 0.6 is 11.6 Å². The monoisotopic (exact) mass is 292 g/mol. The predicted molar refractivity (Wildman–Crippen MR) is 74.2 cm³/mol. The molecule has 0 aliphatic carbocycles. The third-order valence-electron chi connectivity index (χ3n) is 2.54. The topological polar surface area (TPSA) is 65.3 Å². The van der Waals surface area contributed by atoms with Crippen LogP contribution in [0.25, 0.3) is 0 Å². The molecule has 0 aliphatic rings. The summed E-state index contributed by atoms with van der Waals surface area (Å²) in [7, 11) is 0. The maximum atomic E-state index is 11.6. The number of benzene rings is 1. The van der Waals surface area contributed by atoms with Gasteiger partial charge in [0, 0.05) is 17.6 Å². The first-order chi connectivity index (χ1) is 9.65. The van der Waals surface area contributed by atoms with Gasteiger partial charge >= 0.3 is 5.88 Å². The van der Waals surface area contributed by atoms with Crippen molar-refractivity contribution in [3.8, 4) is 5.88 Å². The van der Waals surface area contributed by atoms with Crippen LogP contribution in [0.4, 0.5) is 0 Å². The summed E-state index contributed by atoms with van der Waals surface area (Å²) in [6.07, 6.45) is 1.31. The van der Waals surface area contributed by atoms with E-state index in [0.717, 1.165) is 5.56 Å². The van der Waals surface area contributed by atoms with Crippen molar-refractivity contribution in [2.24, 2.45) is 0 Å². The zero-order chi connectivity index (χ0) is 14.4. The molecule has 0 unspecified atom stereocenters. The highest BCUT2D eigenvalue weighted by Gasteiger charge is 2.08. The number of nitrogens with zero attached hydrogens (tertiary/aromatic N) is 1. The molecule has 2 aromatic rings. The van der Waals surface area contributed by atoms with Crippen molar-refractivity contribution in [3.05, 3.63) is 64.5 Å². The van der Waals surface area contributed by atoms with Crippen LogP contribution in [0.1, 0.15) is 5.56 Å². The van der Waals surface area contributed by atoms with Gasteiger partial charge in [0.15, 0.2) is 12.8 Å². The number of aromatic nitrogens is 1. The lowest BCUT2D eigenvalue weighted by molar-refractivity contribution is -0.612. The van der Waals surface area contributed by atoms with Crippen LogP contribution in [-0.4, -0.2) is 12.5 Å². The van der Waals surface area contributed by atoms with Crippen LogP contribution in [0.5, 0.6) is 5.88 Å². The summed E-state index contributed by atoms with van der Waals surface area (Å²) in [5.41, 5.74) is 0.932. The van der Waals surface area contributed by atoms with E-state index in [1.807, 2.05) is 12.1 Å². The predicted octanol–water partition coefficient (Wildman–Crippen LogP) is 1.67. The van der Waals surface area contributed by atoms with E-state index in [2.05, 4.69) is 5.32 Å². The molecule has 20 heavy (non-hydrogen) atoms. The zero-order valence-corrected chi connectivity index (χ0v) is 11.3. The van der Waals surface area contributed by atoms with Gasteiger partial charge in [0.05, 0.1) is 6.07 Å². The first-order valence-electron chi connectivity index (χ1n) is 5.97. The maximum absolute atomic E-state index is 11.6. The van der Waals surface area contributed by atoms with Gasteiger partial charge in [0.25, 0.3) is 5.91 Å². The third-order valence-corrected chi connectivity index (χ3v) is 2.79. The Hall–Kier alpha value is -2.27. The number of hydrogen-bond acceptors (Lipinski definition) is 3. The second-order valence-corrected chi connectivity index (χ2v) is 4.49. The van der Waals surface area contributed by atoms with Crippen LogP contribution in [0.3, 0.4) is 0 Å². The van der Waals surface area contributed by atoms with E-state index >= 15 is 0 Å². The molecule has 0 fully saturated rings. The third kappa shape index (κ3) is 4.13. The number of carbonyl (C=O) groups excluding carboxylic acids is 1. The minimum Gasteiger partial charge on any atom is -0.616 e. The van der Waals surface area contributed by atoms with E-state index in [1.54, 1.807) is 24.3 Å². The molecule has 0 saturated heterocycles. The van der Waals surface area contributed by atoms with Crippen LogP contribution in [0.15, 0.2) is 48.7 Å². The molecular weight excluding hydrogens is 280 g/mol. The number of amides is 1. The smallest absolute Gasteiger partial charge is 0.379 e. The number of carbonyl (C=O) groups is 1. The van der Waals surface area contributed by atoms with Crippen LogP contribution in [0, 0.1) is 5.21 Å². The van der Waals surface area contributed by atoms with Crippen molar-refractivity contribution in [1.29, 1.82) is 0 Å². The van der Waals surface area contributed by atoms with Gasteiger partial charge in [-0.1, -0.05) is 23.7 Å². The van der Waals surface area contributed by atoms with Crippen molar-refractivity contribution >= 4 is 17.5 Å². The van der Waals surface area contributed by atoms with Crippen LogP contribution in [-0.2, 0) is 11.3 Å². The van der Waals surface area contributed by atoms with Gasteiger partial charge in [-0.25, -0.2) is 0 Å². The number of ether oxygens (including phenoxy) is 1.